The molecule has 0 saturated carbocycles. The van der Waals surface area contributed by atoms with Gasteiger partial charge in [-0.15, -0.1) is 0 Å². The maximum absolute atomic E-state index is 5.82. The van der Waals surface area contributed by atoms with Crippen molar-refractivity contribution in [1.82, 2.24) is 5.32 Å². The van der Waals surface area contributed by atoms with Gasteiger partial charge in [0.05, 0.1) is 6.10 Å². The Labute approximate surface area is 124 Å². The van der Waals surface area contributed by atoms with E-state index in [1.807, 2.05) is 19.1 Å². The summed E-state index contributed by atoms with van der Waals surface area (Å²) in [7, 11) is 1.69. The molecule has 0 bridgehead atoms. The number of ether oxygens (including phenoxy) is 2. The van der Waals surface area contributed by atoms with Crippen molar-refractivity contribution in [1.29, 1.82) is 0 Å². The third-order valence-electron chi connectivity index (χ3n) is 2.71. The molecule has 0 aliphatic carbocycles. The van der Waals surface area contributed by atoms with Crippen molar-refractivity contribution >= 4 is 15.9 Å². The van der Waals surface area contributed by atoms with Gasteiger partial charge in [0.2, 0.25) is 0 Å². The van der Waals surface area contributed by atoms with Gasteiger partial charge in [-0.2, -0.15) is 0 Å². The summed E-state index contributed by atoms with van der Waals surface area (Å²) in [5, 5.41) is 3.48. The van der Waals surface area contributed by atoms with E-state index < -0.39 is 0 Å². The fourth-order valence-electron chi connectivity index (χ4n) is 1.46. The molecule has 108 valence electrons. The van der Waals surface area contributed by atoms with Gasteiger partial charge in [-0.05, 0) is 45.9 Å². The van der Waals surface area contributed by atoms with Crippen LogP contribution >= 0.6 is 15.9 Å². The molecule has 3 nitrogen and oxygen atoms in total. The zero-order valence-electron chi connectivity index (χ0n) is 12.4. The third kappa shape index (κ3) is 6.41. The number of nitrogens with one attached hydrogen (secondary N) is 1. The summed E-state index contributed by atoms with van der Waals surface area (Å²) in [6, 6.07) is 6.07. The summed E-state index contributed by atoms with van der Waals surface area (Å²) in [6.07, 6.45) is 0.0899. The lowest BCUT2D eigenvalue weighted by Crippen LogP contribution is -2.35. The fraction of sp³-hybridized carbons (Fsp3) is 0.600. The van der Waals surface area contributed by atoms with Crippen molar-refractivity contribution in [2.24, 2.45) is 0 Å². The van der Waals surface area contributed by atoms with Crippen molar-refractivity contribution in [3.63, 3.8) is 0 Å². The minimum absolute atomic E-state index is 0.0827. The second kappa shape index (κ2) is 7.27. The number of hydrogen-bond donors (Lipinski definition) is 1. The molecule has 1 N–H and O–H groups in total. The van der Waals surface area contributed by atoms with Gasteiger partial charge in [0.1, 0.15) is 12.4 Å². The molecule has 0 saturated heterocycles. The Kier molecular flexibility index (Phi) is 6.30. The topological polar surface area (TPSA) is 30.5 Å². The standard InChI is InChI=1S/C15H24BrNO2/c1-11(18-5)10-19-14-7-6-13(16)8-12(14)9-17-15(2,3)4/h6-8,11,17H,9-10H2,1-5H3. The Balaban J connectivity index is 2.74. The molecule has 1 aromatic carbocycles. The van der Waals surface area contributed by atoms with Gasteiger partial charge in [-0.25, -0.2) is 0 Å². The van der Waals surface area contributed by atoms with Crippen LogP contribution in [-0.4, -0.2) is 25.4 Å². The van der Waals surface area contributed by atoms with E-state index >= 15 is 0 Å². The normalized spacial score (nSPS) is 13.4. The van der Waals surface area contributed by atoms with Crippen molar-refractivity contribution in [2.75, 3.05) is 13.7 Å². The maximum atomic E-state index is 5.82. The fourth-order valence-corrected chi connectivity index (χ4v) is 1.87. The third-order valence-corrected chi connectivity index (χ3v) is 3.20. The minimum Gasteiger partial charge on any atom is -0.491 e. The van der Waals surface area contributed by atoms with E-state index in [-0.39, 0.29) is 11.6 Å². The lowest BCUT2D eigenvalue weighted by Gasteiger charge is -2.22. The average molecular weight is 330 g/mol. The Morgan fingerprint density at radius 1 is 1.32 bits per heavy atom. The summed E-state index contributed by atoms with van der Waals surface area (Å²) in [5.74, 6) is 0.906. The van der Waals surface area contributed by atoms with Crippen LogP contribution in [0.5, 0.6) is 5.75 Å². The molecule has 1 unspecified atom stereocenters. The maximum Gasteiger partial charge on any atom is 0.124 e. The van der Waals surface area contributed by atoms with E-state index in [0.29, 0.717) is 6.61 Å². The van der Waals surface area contributed by atoms with Crippen LogP contribution in [0.25, 0.3) is 0 Å². The minimum atomic E-state index is 0.0827. The Morgan fingerprint density at radius 3 is 2.58 bits per heavy atom. The Bertz CT molecular complexity index is 402. The highest BCUT2D eigenvalue weighted by molar-refractivity contribution is 9.10. The first-order chi connectivity index (χ1) is 8.81. The Morgan fingerprint density at radius 2 is 2.00 bits per heavy atom. The van der Waals surface area contributed by atoms with Crippen LogP contribution in [0, 0.1) is 0 Å². The van der Waals surface area contributed by atoms with Gasteiger partial charge in [0.25, 0.3) is 0 Å². The molecular formula is C15H24BrNO2. The monoisotopic (exact) mass is 329 g/mol. The van der Waals surface area contributed by atoms with Crippen molar-refractivity contribution in [2.45, 2.75) is 45.9 Å². The zero-order chi connectivity index (χ0) is 14.5. The van der Waals surface area contributed by atoms with Crippen LogP contribution in [0.2, 0.25) is 0 Å². The summed E-state index contributed by atoms with van der Waals surface area (Å²) in [5.41, 5.74) is 1.23. The van der Waals surface area contributed by atoms with E-state index in [1.165, 1.54) is 0 Å². The second-order valence-electron chi connectivity index (χ2n) is 5.71. The van der Waals surface area contributed by atoms with E-state index in [9.17, 15) is 0 Å². The van der Waals surface area contributed by atoms with E-state index in [1.54, 1.807) is 7.11 Å². The number of methoxy groups -OCH3 is 1. The molecule has 0 aliphatic rings. The first kappa shape index (κ1) is 16.5. The van der Waals surface area contributed by atoms with Crippen molar-refractivity contribution in [3.8, 4) is 5.75 Å². The van der Waals surface area contributed by atoms with E-state index in [4.69, 9.17) is 9.47 Å². The highest BCUT2D eigenvalue weighted by Gasteiger charge is 2.12. The van der Waals surface area contributed by atoms with Gasteiger partial charge in [-0.3, -0.25) is 0 Å². The van der Waals surface area contributed by atoms with E-state index in [2.05, 4.69) is 48.1 Å². The van der Waals surface area contributed by atoms with Gasteiger partial charge in [0.15, 0.2) is 0 Å². The SMILES string of the molecule is COC(C)COc1ccc(Br)cc1CNC(C)(C)C. The highest BCUT2D eigenvalue weighted by atomic mass is 79.9. The van der Waals surface area contributed by atoms with Crippen molar-refractivity contribution < 1.29 is 9.47 Å². The molecular weight excluding hydrogens is 306 g/mol. The van der Waals surface area contributed by atoms with Gasteiger partial charge in [0, 0.05) is 29.2 Å². The van der Waals surface area contributed by atoms with Crippen LogP contribution in [0.1, 0.15) is 33.3 Å². The zero-order valence-corrected chi connectivity index (χ0v) is 14.0. The summed E-state index contributed by atoms with van der Waals surface area (Å²) in [4.78, 5) is 0. The molecule has 0 amide bonds. The highest BCUT2D eigenvalue weighted by Crippen LogP contribution is 2.24. The summed E-state index contributed by atoms with van der Waals surface area (Å²) < 4.78 is 12.1. The molecule has 0 heterocycles. The number of hydrogen-bond acceptors (Lipinski definition) is 3. The molecule has 0 spiro atoms. The lowest BCUT2D eigenvalue weighted by atomic mass is 10.1. The first-order valence-corrected chi connectivity index (χ1v) is 7.30. The molecule has 1 aromatic rings. The lowest BCUT2D eigenvalue weighted by molar-refractivity contribution is 0.0712. The van der Waals surface area contributed by atoms with Gasteiger partial charge >= 0.3 is 0 Å². The number of rotatable bonds is 6. The predicted molar refractivity (Wildman–Crippen MR) is 82.7 cm³/mol. The van der Waals surface area contributed by atoms with Gasteiger partial charge in [-0.1, -0.05) is 15.9 Å². The first-order valence-electron chi connectivity index (χ1n) is 6.51. The van der Waals surface area contributed by atoms with Crippen molar-refractivity contribution in [3.05, 3.63) is 28.2 Å². The van der Waals surface area contributed by atoms with Gasteiger partial charge < -0.3 is 14.8 Å². The molecule has 0 radical (unpaired) electrons. The molecule has 4 heteroatoms. The quantitative estimate of drug-likeness (QED) is 0.862. The largest absolute Gasteiger partial charge is 0.491 e. The van der Waals surface area contributed by atoms with Crippen LogP contribution in [-0.2, 0) is 11.3 Å². The summed E-state index contributed by atoms with van der Waals surface area (Å²) in [6.45, 7) is 9.78. The molecule has 0 aliphatic heterocycles. The molecule has 0 fully saturated rings. The molecule has 1 rings (SSSR count). The smallest absolute Gasteiger partial charge is 0.124 e. The predicted octanol–water partition coefficient (Wildman–Crippen LogP) is 3.75. The van der Waals surface area contributed by atoms with E-state index in [0.717, 1.165) is 22.3 Å². The average Bonchev–Trinajstić information content (AvgIpc) is 2.33. The molecule has 19 heavy (non-hydrogen) atoms. The second-order valence-corrected chi connectivity index (χ2v) is 6.63. The van der Waals surface area contributed by atoms with Crippen LogP contribution in [0.3, 0.4) is 0 Å². The molecule has 0 aromatic heterocycles. The number of halogens is 1. The molecule has 1 atom stereocenters. The van der Waals surface area contributed by atoms with Crippen LogP contribution < -0.4 is 10.1 Å². The van der Waals surface area contributed by atoms with Crippen LogP contribution in [0.15, 0.2) is 22.7 Å². The Hall–Kier alpha value is -0.580. The number of benzene rings is 1. The van der Waals surface area contributed by atoms with Crippen LogP contribution in [0.4, 0.5) is 0 Å². The summed E-state index contributed by atoms with van der Waals surface area (Å²) >= 11 is 3.50.